The van der Waals surface area contributed by atoms with Crippen molar-refractivity contribution in [2.24, 2.45) is 0 Å². The second-order valence-corrected chi connectivity index (χ2v) is 7.10. The molecule has 0 aromatic carbocycles. The second kappa shape index (κ2) is 9.23. The first-order valence-electron chi connectivity index (χ1n) is 8.68. The van der Waals surface area contributed by atoms with Crippen molar-refractivity contribution >= 4 is 11.8 Å². The number of rotatable bonds is 6. The molecule has 0 aromatic rings. The smallest absolute Gasteiger partial charge is 0.236 e. The first-order valence-corrected chi connectivity index (χ1v) is 8.68. The molecule has 0 saturated carbocycles. The standard InChI is InChI=1S/C17H34N4O2/c1-14(2)18(5)16(22)12-20-8-7-9-21(11-10-20)13-17(23)19(6)15(3)4/h14-15H,7-13H2,1-6H3. The number of hydrogen-bond acceptors (Lipinski definition) is 4. The van der Waals surface area contributed by atoms with E-state index in [9.17, 15) is 9.59 Å². The maximum absolute atomic E-state index is 12.2. The molecule has 0 aliphatic carbocycles. The van der Waals surface area contributed by atoms with Gasteiger partial charge in [-0.25, -0.2) is 0 Å². The Balaban J connectivity index is 2.44. The zero-order valence-electron chi connectivity index (χ0n) is 15.7. The molecule has 1 rings (SSSR count). The Labute approximate surface area is 141 Å². The molecule has 134 valence electrons. The van der Waals surface area contributed by atoms with Gasteiger partial charge in [-0.3, -0.25) is 19.4 Å². The highest BCUT2D eigenvalue weighted by Crippen LogP contribution is 2.06. The van der Waals surface area contributed by atoms with Crippen LogP contribution in [0.5, 0.6) is 0 Å². The normalized spacial score (nSPS) is 17.4. The predicted octanol–water partition coefficient (Wildman–Crippen LogP) is 0.728. The van der Waals surface area contributed by atoms with Gasteiger partial charge in [-0.05, 0) is 47.2 Å². The largest absolute Gasteiger partial charge is 0.342 e. The van der Waals surface area contributed by atoms with Crippen LogP contribution >= 0.6 is 0 Å². The van der Waals surface area contributed by atoms with Gasteiger partial charge in [-0.2, -0.15) is 0 Å². The van der Waals surface area contributed by atoms with Crippen LogP contribution in [0.3, 0.4) is 0 Å². The number of nitrogens with zero attached hydrogens (tertiary/aromatic N) is 4. The average Bonchev–Trinajstić information content (AvgIpc) is 2.70. The molecule has 6 heteroatoms. The molecule has 1 aliphatic rings. The fourth-order valence-corrected chi connectivity index (χ4v) is 2.52. The van der Waals surface area contributed by atoms with E-state index in [1.54, 1.807) is 9.80 Å². The molecule has 1 fully saturated rings. The van der Waals surface area contributed by atoms with Gasteiger partial charge >= 0.3 is 0 Å². The van der Waals surface area contributed by atoms with E-state index < -0.39 is 0 Å². The number of carbonyl (C=O) groups is 2. The molecule has 6 nitrogen and oxygen atoms in total. The summed E-state index contributed by atoms with van der Waals surface area (Å²) in [5.74, 6) is 0.341. The zero-order chi connectivity index (χ0) is 17.6. The Morgan fingerprint density at radius 1 is 0.783 bits per heavy atom. The molecule has 0 bridgehead atoms. The summed E-state index contributed by atoms with van der Waals surface area (Å²) < 4.78 is 0. The van der Waals surface area contributed by atoms with Crippen molar-refractivity contribution in [3.8, 4) is 0 Å². The van der Waals surface area contributed by atoms with Crippen LogP contribution < -0.4 is 0 Å². The van der Waals surface area contributed by atoms with Crippen molar-refractivity contribution in [2.75, 3.05) is 53.4 Å². The van der Waals surface area contributed by atoms with Crippen molar-refractivity contribution in [3.05, 3.63) is 0 Å². The van der Waals surface area contributed by atoms with Gasteiger partial charge in [0.2, 0.25) is 11.8 Å². The van der Waals surface area contributed by atoms with Crippen LogP contribution in [-0.4, -0.2) is 96.9 Å². The van der Waals surface area contributed by atoms with E-state index in [-0.39, 0.29) is 23.9 Å². The Morgan fingerprint density at radius 3 is 1.43 bits per heavy atom. The summed E-state index contributed by atoms with van der Waals surface area (Å²) in [5.41, 5.74) is 0. The minimum absolute atomic E-state index is 0.170. The number of hydrogen-bond donors (Lipinski definition) is 0. The molecule has 1 saturated heterocycles. The van der Waals surface area contributed by atoms with Crippen LogP contribution in [0, 0.1) is 0 Å². The van der Waals surface area contributed by atoms with Crippen molar-refractivity contribution in [2.45, 2.75) is 46.2 Å². The highest BCUT2D eigenvalue weighted by molar-refractivity contribution is 5.78. The molecule has 0 radical (unpaired) electrons. The van der Waals surface area contributed by atoms with Crippen LogP contribution in [0.1, 0.15) is 34.1 Å². The van der Waals surface area contributed by atoms with E-state index in [0.29, 0.717) is 13.1 Å². The summed E-state index contributed by atoms with van der Waals surface area (Å²) in [7, 11) is 3.72. The minimum Gasteiger partial charge on any atom is -0.342 e. The Bertz CT molecular complexity index is 362. The van der Waals surface area contributed by atoms with E-state index in [0.717, 1.165) is 32.6 Å². The van der Waals surface area contributed by atoms with E-state index in [4.69, 9.17) is 0 Å². The molecule has 2 amide bonds. The van der Waals surface area contributed by atoms with E-state index in [1.807, 2.05) is 41.8 Å². The molecule has 0 unspecified atom stereocenters. The fourth-order valence-electron chi connectivity index (χ4n) is 2.52. The molecule has 1 heterocycles. The zero-order valence-corrected chi connectivity index (χ0v) is 15.7. The lowest BCUT2D eigenvalue weighted by Gasteiger charge is -2.27. The third-order valence-electron chi connectivity index (χ3n) is 4.73. The highest BCUT2D eigenvalue weighted by atomic mass is 16.2. The molecule has 23 heavy (non-hydrogen) atoms. The Hall–Kier alpha value is -1.14. The van der Waals surface area contributed by atoms with Crippen LogP contribution in [-0.2, 0) is 9.59 Å². The topological polar surface area (TPSA) is 47.1 Å². The van der Waals surface area contributed by atoms with Crippen molar-refractivity contribution < 1.29 is 9.59 Å². The molecular formula is C17H34N4O2. The van der Waals surface area contributed by atoms with Gasteiger partial charge in [0.1, 0.15) is 0 Å². The maximum atomic E-state index is 12.2. The summed E-state index contributed by atoms with van der Waals surface area (Å²) in [5, 5.41) is 0. The molecular weight excluding hydrogens is 292 g/mol. The second-order valence-electron chi connectivity index (χ2n) is 7.10. The van der Waals surface area contributed by atoms with Crippen LogP contribution in [0.25, 0.3) is 0 Å². The van der Waals surface area contributed by atoms with Crippen LogP contribution in [0.2, 0.25) is 0 Å². The quantitative estimate of drug-likeness (QED) is 0.722. The lowest BCUT2D eigenvalue weighted by atomic mass is 10.3. The summed E-state index contributed by atoms with van der Waals surface area (Å²) in [6, 6.07) is 0.463. The van der Waals surface area contributed by atoms with E-state index in [2.05, 4.69) is 9.80 Å². The third-order valence-corrected chi connectivity index (χ3v) is 4.73. The molecule has 0 atom stereocenters. The van der Waals surface area contributed by atoms with Crippen LogP contribution in [0.15, 0.2) is 0 Å². The van der Waals surface area contributed by atoms with E-state index >= 15 is 0 Å². The minimum atomic E-state index is 0.170. The first kappa shape index (κ1) is 19.9. The van der Waals surface area contributed by atoms with E-state index in [1.165, 1.54) is 0 Å². The van der Waals surface area contributed by atoms with Crippen molar-refractivity contribution in [1.82, 2.24) is 19.6 Å². The SMILES string of the molecule is CC(C)N(C)C(=O)CN1CCCN(CC(=O)N(C)C(C)C)CC1. The summed E-state index contributed by atoms with van der Waals surface area (Å²) in [4.78, 5) is 32.4. The molecule has 0 spiro atoms. The van der Waals surface area contributed by atoms with Gasteiger partial charge in [0, 0.05) is 39.3 Å². The Kier molecular flexibility index (Phi) is 7.99. The highest BCUT2D eigenvalue weighted by Gasteiger charge is 2.22. The third kappa shape index (κ3) is 6.47. The lowest BCUT2D eigenvalue weighted by Crippen LogP contribution is -2.44. The number of amides is 2. The molecule has 0 aromatic heterocycles. The van der Waals surface area contributed by atoms with Gasteiger partial charge in [-0.15, -0.1) is 0 Å². The monoisotopic (exact) mass is 326 g/mol. The van der Waals surface area contributed by atoms with Crippen LogP contribution in [0.4, 0.5) is 0 Å². The van der Waals surface area contributed by atoms with Crippen molar-refractivity contribution in [1.29, 1.82) is 0 Å². The summed E-state index contributed by atoms with van der Waals surface area (Å²) in [6.07, 6.45) is 0.997. The fraction of sp³-hybridized carbons (Fsp3) is 0.882. The first-order chi connectivity index (χ1) is 10.7. The maximum Gasteiger partial charge on any atom is 0.236 e. The summed E-state index contributed by atoms with van der Waals surface area (Å²) in [6.45, 7) is 12.6. The number of likely N-dealkylation sites (N-methyl/N-ethyl adjacent to an activating group) is 2. The summed E-state index contributed by atoms with van der Waals surface area (Å²) >= 11 is 0. The van der Waals surface area contributed by atoms with Crippen molar-refractivity contribution in [3.63, 3.8) is 0 Å². The van der Waals surface area contributed by atoms with Gasteiger partial charge in [0.05, 0.1) is 13.1 Å². The molecule has 1 aliphatic heterocycles. The number of carbonyl (C=O) groups excluding carboxylic acids is 2. The van der Waals surface area contributed by atoms with Gasteiger partial charge in [-0.1, -0.05) is 0 Å². The average molecular weight is 326 g/mol. The van der Waals surface area contributed by atoms with Gasteiger partial charge in [0.25, 0.3) is 0 Å². The predicted molar refractivity (Wildman–Crippen MR) is 93.3 cm³/mol. The van der Waals surface area contributed by atoms with Gasteiger partial charge < -0.3 is 9.80 Å². The van der Waals surface area contributed by atoms with Gasteiger partial charge in [0.15, 0.2) is 0 Å². The lowest BCUT2D eigenvalue weighted by molar-refractivity contribution is -0.133. The Morgan fingerprint density at radius 2 is 1.13 bits per heavy atom. The molecule has 0 N–H and O–H groups in total.